The van der Waals surface area contributed by atoms with E-state index in [0.29, 0.717) is 27.6 Å². The van der Waals surface area contributed by atoms with Gasteiger partial charge in [-0.15, -0.1) is 0 Å². The van der Waals surface area contributed by atoms with Crippen LogP contribution in [0.25, 0.3) is 10.9 Å². The minimum atomic E-state index is -0.139. The maximum absolute atomic E-state index is 13.2. The number of hydrogen-bond acceptors (Lipinski definition) is 5. The highest BCUT2D eigenvalue weighted by atomic mass is 35.5. The van der Waals surface area contributed by atoms with Crippen molar-refractivity contribution >= 4 is 40.2 Å². The summed E-state index contributed by atoms with van der Waals surface area (Å²) in [5.74, 6) is 0.0131. The minimum absolute atomic E-state index is 0.113. The summed E-state index contributed by atoms with van der Waals surface area (Å²) in [6.07, 6.45) is 4.16. The number of nitrogens with one attached hydrogen (secondary N) is 1. The number of nitrogens with zero attached hydrogens (tertiary/aromatic N) is 3. The summed E-state index contributed by atoms with van der Waals surface area (Å²) in [6, 6.07) is 18.3. The first-order chi connectivity index (χ1) is 16.0. The highest BCUT2D eigenvalue weighted by Gasteiger charge is 2.16. The van der Waals surface area contributed by atoms with Crippen LogP contribution in [0.5, 0.6) is 0 Å². The first-order valence-corrected chi connectivity index (χ1v) is 12.0. The molecule has 0 saturated heterocycles. The van der Waals surface area contributed by atoms with Gasteiger partial charge in [0.1, 0.15) is 0 Å². The van der Waals surface area contributed by atoms with Crippen LogP contribution in [0, 0.1) is 0 Å². The molecule has 0 spiro atoms. The summed E-state index contributed by atoms with van der Waals surface area (Å²) in [5.41, 5.74) is 2.36. The average molecular weight is 479 g/mol. The Morgan fingerprint density at radius 2 is 1.91 bits per heavy atom. The van der Waals surface area contributed by atoms with E-state index in [2.05, 4.69) is 15.3 Å². The molecule has 6 nitrogen and oxygen atoms in total. The SMILES string of the molecule is CCC(NC(=O)CSc1nc2ccccc2c(=O)n1Cc1cccnc1)c1ccc(Cl)cc1. The number of rotatable bonds is 8. The molecule has 0 aliphatic rings. The van der Waals surface area contributed by atoms with Crippen molar-refractivity contribution in [2.45, 2.75) is 31.1 Å². The van der Waals surface area contributed by atoms with Crippen molar-refractivity contribution in [2.24, 2.45) is 0 Å². The smallest absolute Gasteiger partial charge is 0.262 e. The summed E-state index contributed by atoms with van der Waals surface area (Å²) in [5, 5.41) is 4.77. The molecule has 8 heteroatoms. The number of amides is 1. The van der Waals surface area contributed by atoms with Crippen molar-refractivity contribution in [3.8, 4) is 0 Å². The van der Waals surface area contributed by atoms with Gasteiger partial charge in [0, 0.05) is 17.4 Å². The Balaban J connectivity index is 1.55. The lowest BCUT2D eigenvalue weighted by Gasteiger charge is -2.18. The largest absolute Gasteiger partial charge is 0.349 e. The van der Waals surface area contributed by atoms with Crippen molar-refractivity contribution in [3.05, 3.63) is 99.6 Å². The highest BCUT2D eigenvalue weighted by Crippen LogP contribution is 2.21. The molecule has 2 aromatic heterocycles. The first kappa shape index (κ1) is 23.0. The molecule has 0 aliphatic heterocycles. The van der Waals surface area contributed by atoms with Crippen molar-refractivity contribution in [1.29, 1.82) is 0 Å². The van der Waals surface area contributed by atoms with Gasteiger partial charge in [0.15, 0.2) is 5.16 Å². The van der Waals surface area contributed by atoms with E-state index >= 15 is 0 Å². The van der Waals surface area contributed by atoms with E-state index in [1.807, 2.05) is 61.5 Å². The number of carbonyl (C=O) groups excluding carboxylic acids is 1. The molecule has 0 aliphatic carbocycles. The van der Waals surface area contributed by atoms with Crippen LogP contribution in [-0.4, -0.2) is 26.2 Å². The zero-order chi connectivity index (χ0) is 23.2. The van der Waals surface area contributed by atoms with Crippen LogP contribution in [0.1, 0.15) is 30.5 Å². The van der Waals surface area contributed by atoms with E-state index in [4.69, 9.17) is 11.6 Å². The molecule has 1 amide bonds. The maximum atomic E-state index is 13.2. The van der Waals surface area contributed by atoms with Crippen molar-refractivity contribution in [3.63, 3.8) is 0 Å². The Labute approximate surface area is 201 Å². The molecule has 1 N–H and O–H groups in total. The fourth-order valence-electron chi connectivity index (χ4n) is 3.55. The number of benzene rings is 2. The Hall–Kier alpha value is -3.16. The van der Waals surface area contributed by atoms with Gasteiger partial charge in [-0.05, 0) is 47.9 Å². The number of hydrogen-bond donors (Lipinski definition) is 1. The molecule has 0 saturated carbocycles. The van der Waals surface area contributed by atoms with E-state index in [1.54, 1.807) is 23.0 Å². The molecule has 168 valence electrons. The van der Waals surface area contributed by atoms with Crippen molar-refractivity contribution in [1.82, 2.24) is 19.9 Å². The van der Waals surface area contributed by atoms with Crippen LogP contribution in [0.2, 0.25) is 5.02 Å². The molecule has 1 atom stereocenters. The number of fused-ring (bicyclic) bond motifs is 1. The number of halogens is 1. The quantitative estimate of drug-likeness (QED) is 0.289. The van der Waals surface area contributed by atoms with Crippen LogP contribution >= 0.6 is 23.4 Å². The van der Waals surface area contributed by atoms with Crippen LogP contribution in [0.3, 0.4) is 0 Å². The molecule has 4 aromatic rings. The predicted molar refractivity (Wildman–Crippen MR) is 133 cm³/mol. The summed E-state index contributed by atoms with van der Waals surface area (Å²) in [7, 11) is 0. The maximum Gasteiger partial charge on any atom is 0.262 e. The standard InChI is InChI=1S/C25H23ClN4O2S/c1-2-21(18-9-11-19(26)12-10-18)28-23(31)16-33-25-29-22-8-4-3-7-20(22)24(32)30(25)15-17-6-5-13-27-14-17/h3-14,21H,2,15-16H2,1H3,(H,28,31). The normalized spacial score (nSPS) is 11.9. The van der Waals surface area contributed by atoms with Gasteiger partial charge < -0.3 is 5.32 Å². The monoisotopic (exact) mass is 478 g/mol. The topological polar surface area (TPSA) is 76.9 Å². The lowest BCUT2D eigenvalue weighted by molar-refractivity contribution is -0.119. The Morgan fingerprint density at radius 3 is 2.64 bits per heavy atom. The number of carbonyl (C=O) groups is 1. The molecular formula is C25H23ClN4O2S. The van der Waals surface area contributed by atoms with E-state index < -0.39 is 0 Å². The first-order valence-electron chi connectivity index (χ1n) is 10.6. The molecule has 33 heavy (non-hydrogen) atoms. The van der Waals surface area contributed by atoms with Gasteiger partial charge in [0.05, 0.1) is 29.2 Å². The zero-order valence-electron chi connectivity index (χ0n) is 18.1. The van der Waals surface area contributed by atoms with Crippen LogP contribution in [-0.2, 0) is 11.3 Å². The van der Waals surface area contributed by atoms with E-state index in [9.17, 15) is 9.59 Å². The van der Waals surface area contributed by atoms with Crippen LogP contribution in [0.15, 0.2) is 83.0 Å². The Kier molecular flexibility index (Phi) is 7.42. The van der Waals surface area contributed by atoms with Gasteiger partial charge >= 0.3 is 0 Å². The number of para-hydroxylation sites is 1. The summed E-state index contributed by atoms with van der Waals surface area (Å²) in [4.78, 5) is 34.8. The average Bonchev–Trinajstić information content (AvgIpc) is 2.84. The van der Waals surface area contributed by atoms with Crippen molar-refractivity contribution < 1.29 is 4.79 Å². The van der Waals surface area contributed by atoms with Gasteiger partial charge in [-0.3, -0.25) is 19.1 Å². The second-order valence-electron chi connectivity index (χ2n) is 7.53. The van der Waals surface area contributed by atoms with E-state index in [-0.39, 0.29) is 23.3 Å². The van der Waals surface area contributed by atoms with E-state index in [1.165, 1.54) is 11.8 Å². The molecule has 0 fully saturated rings. The van der Waals surface area contributed by atoms with Gasteiger partial charge in [-0.2, -0.15) is 0 Å². The zero-order valence-corrected chi connectivity index (χ0v) is 19.6. The lowest BCUT2D eigenvalue weighted by atomic mass is 10.0. The third-order valence-electron chi connectivity index (χ3n) is 5.24. The third-order valence-corrected chi connectivity index (χ3v) is 6.47. The Morgan fingerprint density at radius 1 is 1.12 bits per heavy atom. The lowest BCUT2D eigenvalue weighted by Crippen LogP contribution is -2.30. The Bertz CT molecular complexity index is 1310. The van der Waals surface area contributed by atoms with Crippen molar-refractivity contribution in [2.75, 3.05) is 5.75 Å². The summed E-state index contributed by atoms with van der Waals surface area (Å²) in [6.45, 7) is 2.35. The fraction of sp³-hybridized carbons (Fsp3) is 0.200. The number of aromatic nitrogens is 3. The predicted octanol–water partition coefficient (Wildman–Crippen LogP) is 4.85. The molecule has 2 heterocycles. The van der Waals surface area contributed by atoms with E-state index in [0.717, 1.165) is 17.5 Å². The van der Waals surface area contributed by atoms with Gasteiger partial charge in [-0.25, -0.2) is 4.98 Å². The van der Waals surface area contributed by atoms with Gasteiger partial charge in [-0.1, -0.05) is 60.6 Å². The molecule has 1 unspecified atom stereocenters. The number of pyridine rings is 1. The summed E-state index contributed by atoms with van der Waals surface area (Å²) < 4.78 is 1.60. The molecular weight excluding hydrogens is 456 g/mol. The molecule has 2 aromatic carbocycles. The van der Waals surface area contributed by atoms with Gasteiger partial charge in [0.2, 0.25) is 5.91 Å². The van der Waals surface area contributed by atoms with Gasteiger partial charge in [0.25, 0.3) is 5.56 Å². The highest BCUT2D eigenvalue weighted by molar-refractivity contribution is 7.99. The summed E-state index contributed by atoms with van der Waals surface area (Å²) >= 11 is 7.23. The second-order valence-corrected chi connectivity index (χ2v) is 8.91. The fourth-order valence-corrected chi connectivity index (χ4v) is 4.49. The molecule has 4 rings (SSSR count). The molecule has 0 bridgehead atoms. The second kappa shape index (κ2) is 10.6. The molecule has 0 radical (unpaired) electrons. The van der Waals surface area contributed by atoms with Crippen LogP contribution in [0.4, 0.5) is 0 Å². The minimum Gasteiger partial charge on any atom is -0.349 e. The third kappa shape index (κ3) is 5.61. The van der Waals surface area contributed by atoms with Crippen LogP contribution < -0.4 is 10.9 Å². The number of thioether (sulfide) groups is 1.